The first kappa shape index (κ1) is 24.2. The van der Waals surface area contributed by atoms with Crippen molar-refractivity contribution in [3.8, 4) is 0 Å². The molecule has 144 valence electrons. The first-order chi connectivity index (χ1) is 11.3. The zero-order chi connectivity index (χ0) is 18.0. The molecule has 3 N–H and O–H groups in total. The molecule has 0 aliphatic carbocycles. The minimum absolute atomic E-state index is 0. The molecule has 7 heteroatoms. The number of rotatable bonds is 8. The average molecular weight is 480 g/mol. The van der Waals surface area contributed by atoms with Gasteiger partial charge in [0.05, 0.1) is 4.88 Å². The first-order valence-electron chi connectivity index (χ1n) is 8.61. The molecule has 1 atom stereocenters. The Morgan fingerprint density at radius 3 is 2.52 bits per heavy atom. The number of hydrogen-bond acceptors (Lipinski definition) is 3. The molecule has 0 aliphatic heterocycles. The van der Waals surface area contributed by atoms with Gasteiger partial charge in [0, 0.05) is 26.2 Å². The Bertz CT molecular complexity index is 512. The fraction of sp³-hybridized carbons (Fsp3) is 0.667. The zero-order valence-corrected chi connectivity index (χ0v) is 19.2. The third kappa shape index (κ3) is 11.4. The minimum atomic E-state index is 0. The molecule has 25 heavy (non-hydrogen) atoms. The molecule has 5 nitrogen and oxygen atoms in total. The van der Waals surface area contributed by atoms with Gasteiger partial charge in [0.15, 0.2) is 5.96 Å². The largest absolute Gasteiger partial charge is 0.356 e. The van der Waals surface area contributed by atoms with Crippen molar-refractivity contribution in [1.29, 1.82) is 0 Å². The molecule has 1 aromatic heterocycles. The van der Waals surface area contributed by atoms with Gasteiger partial charge in [0.25, 0.3) is 5.91 Å². The Morgan fingerprint density at radius 1 is 1.28 bits per heavy atom. The summed E-state index contributed by atoms with van der Waals surface area (Å²) in [6, 6.07) is 4.11. The van der Waals surface area contributed by atoms with Gasteiger partial charge in [-0.1, -0.05) is 26.8 Å². The second-order valence-electron chi connectivity index (χ2n) is 7.23. The van der Waals surface area contributed by atoms with Crippen molar-refractivity contribution >= 4 is 47.2 Å². The fourth-order valence-corrected chi connectivity index (χ4v) is 2.78. The van der Waals surface area contributed by atoms with E-state index in [4.69, 9.17) is 0 Å². The molecule has 0 saturated carbocycles. The molecule has 0 saturated heterocycles. The number of amides is 1. The van der Waals surface area contributed by atoms with Crippen molar-refractivity contribution < 1.29 is 4.79 Å². The van der Waals surface area contributed by atoms with E-state index in [1.165, 1.54) is 17.8 Å². The van der Waals surface area contributed by atoms with Gasteiger partial charge in [0.1, 0.15) is 0 Å². The van der Waals surface area contributed by atoms with Crippen molar-refractivity contribution in [3.05, 3.63) is 22.4 Å². The summed E-state index contributed by atoms with van der Waals surface area (Å²) in [5, 5.41) is 11.5. The normalized spacial score (nSPS) is 12.9. The van der Waals surface area contributed by atoms with Crippen LogP contribution in [0.25, 0.3) is 0 Å². The van der Waals surface area contributed by atoms with Crippen LogP contribution in [0.2, 0.25) is 0 Å². The van der Waals surface area contributed by atoms with Crippen LogP contribution in [0.5, 0.6) is 0 Å². The highest BCUT2D eigenvalue weighted by atomic mass is 127. The van der Waals surface area contributed by atoms with Crippen molar-refractivity contribution in [2.45, 2.75) is 53.0 Å². The van der Waals surface area contributed by atoms with Crippen LogP contribution in [-0.4, -0.2) is 38.0 Å². The van der Waals surface area contributed by atoms with Crippen LogP contribution in [0.15, 0.2) is 22.5 Å². The number of carbonyl (C=O) groups excluding carboxylic acids is 1. The quantitative estimate of drug-likeness (QED) is 0.229. The molecule has 0 bridgehead atoms. The molecule has 0 aromatic carbocycles. The van der Waals surface area contributed by atoms with Gasteiger partial charge in [-0.2, -0.15) is 0 Å². The Hall–Kier alpha value is -0.830. The fourth-order valence-electron chi connectivity index (χ4n) is 2.14. The SMILES string of the molecule is CN=C(NCCCNC(=O)c1cccs1)NC(C)CCC(C)(C)C.I. The van der Waals surface area contributed by atoms with E-state index >= 15 is 0 Å². The van der Waals surface area contributed by atoms with Crippen LogP contribution in [0.4, 0.5) is 0 Å². The number of nitrogens with zero attached hydrogens (tertiary/aromatic N) is 1. The second-order valence-corrected chi connectivity index (χ2v) is 8.18. The van der Waals surface area contributed by atoms with Gasteiger partial charge >= 0.3 is 0 Å². The second kappa shape index (κ2) is 12.5. The topological polar surface area (TPSA) is 65.5 Å². The van der Waals surface area contributed by atoms with E-state index in [9.17, 15) is 4.79 Å². The highest BCUT2D eigenvalue weighted by Crippen LogP contribution is 2.21. The summed E-state index contributed by atoms with van der Waals surface area (Å²) in [5.41, 5.74) is 0.355. The van der Waals surface area contributed by atoms with Gasteiger partial charge in [-0.05, 0) is 43.0 Å². The lowest BCUT2D eigenvalue weighted by Crippen LogP contribution is -2.43. The van der Waals surface area contributed by atoms with Gasteiger partial charge in [0.2, 0.25) is 0 Å². The molecular formula is C18H33IN4OS. The van der Waals surface area contributed by atoms with E-state index < -0.39 is 0 Å². The van der Waals surface area contributed by atoms with Crippen LogP contribution in [0, 0.1) is 5.41 Å². The molecule has 0 spiro atoms. The van der Waals surface area contributed by atoms with Gasteiger partial charge in [-0.15, -0.1) is 35.3 Å². The maximum atomic E-state index is 11.8. The smallest absolute Gasteiger partial charge is 0.261 e. The number of hydrogen-bond donors (Lipinski definition) is 3. The van der Waals surface area contributed by atoms with Gasteiger partial charge in [-0.3, -0.25) is 9.79 Å². The predicted molar refractivity (Wildman–Crippen MR) is 119 cm³/mol. The predicted octanol–water partition coefficient (Wildman–Crippen LogP) is 3.87. The zero-order valence-electron chi connectivity index (χ0n) is 16.0. The maximum absolute atomic E-state index is 11.8. The highest BCUT2D eigenvalue weighted by Gasteiger charge is 2.13. The molecule has 1 unspecified atom stereocenters. The Kier molecular flexibility index (Phi) is 12.1. The summed E-state index contributed by atoms with van der Waals surface area (Å²) in [6.45, 7) is 10.4. The Labute approximate surface area is 173 Å². The summed E-state index contributed by atoms with van der Waals surface area (Å²) >= 11 is 1.46. The van der Waals surface area contributed by atoms with Crippen molar-refractivity contribution in [2.24, 2.45) is 10.4 Å². The van der Waals surface area contributed by atoms with Crippen LogP contribution in [-0.2, 0) is 0 Å². The number of halogens is 1. The molecular weight excluding hydrogens is 447 g/mol. The van der Waals surface area contributed by atoms with E-state index in [1.807, 2.05) is 17.5 Å². The molecule has 0 aliphatic rings. The lowest BCUT2D eigenvalue weighted by Gasteiger charge is -2.23. The van der Waals surface area contributed by atoms with Gasteiger partial charge < -0.3 is 16.0 Å². The third-order valence-corrected chi connectivity index (χ3v) is 4.48. The van der Waals surface area contributed by atoms with Crippen LogP contribution >= 0.6 is 35.3 Å². The first-order valence-corrected chi connectivity index (χ1v) is 9.48. The van der Waals surface area contributed by atoms with Crippen molar-refractivity contribution in [1.82, 2.24) is 16.0 Å². The summed E-state index contributed by atoms with van der Waals surface area (Å²) in [5.74, 6) is 0.823. The number of nitrogens with one attached hydrogen (secondary N) is 3. The number of guanidine groups is 1. The number of carbonyl (C=O) groups is 1. The molecule has 1 rings (SSSR count). The van der Waals surface area contributed by atoms with E-state index in [-0.39, 0.29) is 29.9 Å². The van der Waals surface area contributed by atoms with E-state index in [2.05, 4.69) is 48.6 Å². The Balaban J connectivity index is 0.00000576. The van der Waals surface area contributed by atoms with Crippen LogP contribution < -0.4 is 16.0 Å². The van der Waals surface area contributed by atoms with Crippen LogP contribution in [0.1, 0.15) is 56.6 Å². The number of thiophene rings is 1. The molecule has 0 fully saturated rings. The molecule has 0 radical (unpaired) electrons. The van der Waals surface area contributed by atoms with E-state index in [1.54, 1.807) is 7.05 Å². The summed E-state index contributed by atoms with van der Waals surface area (Å²) in [6.07, 6.45) is 3.14. The lowest BCUT2D eigenvalue weighted by atomic mass is 9.89. The van der Waals surface area contributed by atoms with E-state index in [0.717, 1.165) is 30.2 Å². The third-order valence-electron chi connectivity index (χ3n) is 3.61. The summed E-state index contributed by atoms with van der Waals surface area (Å²) in [7, 11) is 1.78. The van der Waals surface area contributed by atoms with Crippen molar-refractivity contribution in [2.75, 3.05) is 20.1 Å². The van der Waals surface area contributed by atoms with Gasteiger partial charge in [-0.25, -0.2) is 0 Å². The van der Waals surface area contributed by atoms with Crippen molar-refractivity contribution in [3.63, 3.8) is 0 Å². The molecule has 1 aromatic rings. The molecule has 1 heterocycles. The monoisotopic (exact) mass is 480 g/mol. The Morgan fingerprint density at radius 2 is 1.96 bits per heavy atom. The average Bonchev–Trinajstić information content (AvgIpc) is 3.05. The highest BCUT2D eigenvalue weighted by molar-refractivity contribution is 14.0. The summed E-state index contributed by atoms with van der Waals surface area (Å²) < 4.78 is 0. The standard InChI is InChI=1S/C18H32N4OS.HI/c1-14(9-10-18(2,3)4)22-17(19-5)21-12-7-11-20-16(23)15-8-6-13-24-15;/h6,8,13-14H,7,9-12H2,1-5H3,(H,20,23)(H2,19,21,22);1H. The van der Waals surface area contributed by atoms with E-state index in [0.29, 0.717) is 18.0 Å². The maximum Gasteiger partial charge on any atom is 0.261 e. The minimum Gasteiger partial charge on any atom is -0.356 e. The molecule has 1 amide bonds. The number of aliphatic imine (C=N–C) groups is 1. The summed E-state index contributed by atoms with van der Waals surface area (Å²) in [4.78, 5) is 16.8. The lowest BCUT2D eigenvalue weighted by molar-refractivity contribution is 0.0957. The van der Waals surface area contributed by atoms with Crippen LogP contribution in [0.3, 0.4) is 0 Å².